The maximum atomic E-state index is 11.1. The van der Waals surface area contributed by atoms with E-state index in [1.165, 1.54) is 0 Å². The van der Waals surface area contributed by atoms with Crippen LogP contribution in [0.15, 0.2) is 0 Å². The largest absolute Gasteiger partial charge is 0.367 e. The van der Waals surface area contributed by atoms with Gasteiger partial charge in [0.25, 0.3) is 0 Å². The summed E-state index contributed by atoms with van der Waals surface area (Å²) < 4.78 is 5.34. The Morgan fingerprint density at radius 1 is 1.71 bits per heavy atom. The molecule has 0 aromatic rings. The van der Waals surface area contributed by atoms with Crippen molar-refractivity contribution in [3.05, 3.63) is 0 Å². The van der Waals surface area contributed by atoms with E-state index in [-0.39, 0.29) is 18.6 Å². The smallest absolute Gasteiger partial charge is 0.246 e. The Bertz CT molecular complexity index is 219. The van der Waals surface area contributed by atoms with Crippen molar-refractivity contribution in [2.75, 3.05) is 26.2 Å². The Labute approximate surface area is 83.4 Å². The summed E-state index contributed by atoms with van der Waals surface area (Å²) >= 11 is 0. The average molecular weight is 197 g/mol. The molecule has 1 rings (SSSR count). The number of hydrogen-bond acceptors (Lipinski definition) is 4. The monoisotopic (exact) mass is 197 g/mol. The van der Waals surface area contributed by atoms with Gasteiger partial charge in [0.05, 0.1) is 18.6 Å². The molecular formula is C9H15N3O2. The van der Waals surface area contributed by atoms with Gasteiger partial charge in [-0.15, -0.1) is 0 Å². The maximum Gasteiger partial charge on any atom is 0.246 e. The van der Waals surface area contributed by atoms with Crippen molar-refractivity contribution in [2.45, 2.75) is 18.9 Å². The topological polar surface area (TPSA) is 74.2 Å². The number of carbonyl (C=O) groups excluding carboxylic acids is 1. The summed E-state index contributed by atoms with van der Waals surface area (Å²) in [5.74, 6) is -0.146. The Kier molecular flexibility index (Phi) is 4.97. The Hall–Kier alpha value is -1.12. The van der Waals surface area contributed by atoms with Crippen molar-refractivity contribution in [3.8, 4) is 6.07 Å². The van der Waals surface area contributed by atoms with Crippen LogP contribution in [-0.2, 0) is 9.53 Å². The number of nitrogens with zero attached hydrogens (tertiary/aromatic N) is 1. The highest BCUT2D eigenvalue weighted by atomic mass is 16.5. The third kappa shape index (κ3) is 4.21. The van der Waals surface area contributed by atoms with Crippen molar-refractivity contribution >= 4 is 5.91 Å². The highest BCUT2D eigenvalue weighted by molar-refractivity contribution is 5.77. The quantitative estimate of drug-likeness (QED) is 0.577. The number of ether oxygens (including phenoxy) is 1. The second-order valence-electron chi connectivity index (χ2n) is 3.18. The minimum Gasteiger partial charge on any atom is -0.367 e. The van der Waals surface area contributed by atoms with E-state index in [1.54, 1.807) is 0 Å². The lowest BCUT2D eigenvalue weighted by atomic mass is 10.3. The van der Waals surface area contributed by atoms with E-state index in [0.29, 0.717) is 13.0 Å². The van der Waals surface area contributed by atoms with Gasteiger partial charge in [0.2, 0.25) is 5.91 Å². The number of hydrogen-bond donors (Lipinski definition) is 2. The molecule has 1 unspecified atom stereocenters. The van der Waals surface area contributed by atoms with Gasteiger partial charge in [-0.2, -0.15) is 5.26 Å². The fraction of sp³-hybridized carbons (Fsp3) is 0.778. The second kappa shape index (κ2) is 6.35. The molecule has 0 aromatic heterocycles. The van der Waals surface area contributed by atoms with Crippen LogP contribution in [0.25, 0.3) is 0 Å². The summed E-state index contributed by atoms with van der Waals surface area (Å²) in [5, 5.41) is 14.0. The number of nitrogens with one attached hydrogen (secondary N) is 2. The van der Waals surface area contributed by atoms with Gasteiger partial charge in [0, 0.05) is 13.1 Å². The molecule has 1 heterocycles. The van der Waals surface area contributed by atoms with E-state index in [9.17, 15) is 4.79 Å². The zero-order valence-electron chi connectivity index (χ0n) is 8.08. The highest BCUT2D eigenvalue weighted by Gasteiger charge is 2.15. The van der Waals surface area contributed by atoms with Crippen molar-refractivity contribution < 1.29 is 9.53 Å². The minimum absolute atomic E-state index is 0.0950. The van der Waals surface area contributed by atoms with Crippen LogP contribution in [0.1, 0.15) is 12.8 Å². The molecule has 0 radical (unpaired) electrons. The van der Waals surface area contributed by atoms with Crippen LogP contribution in [0.4, 0.5) is 0 Å². The van der Waals surface area contributed by atoms with Crippen LogP contribution in [-0.4, -0.2) is 38.3 Å². The van der Waals surface area contributed by atoms with Gasteiger partial charge in [0.1, 0.15) is 6.61 Å². The van der Waals surface area contributed by atoms with Gasteiger partial charge in [0.15, 0.2) is 0 Å². The molecule has 1 aliphatic rings. The average Bonchev–Trinajstić information content (AvgIpc) is 2.68. The SMILES string of the molecule is N#CCCNC(=O)COC1CCNC1. The van der Waals surface area contributed by atoms with Crippen LogP contribution in [0.3, 0.4) is 0 Å². The Balaban J connectivity index is 2.00. The molecule has 1 amide bonds. The molecule has 2 N–H and O–H groups in total. The zero-order valence-corrected chi connectivity index (χ0v) is 8.08. The fourth-order valence-electron chi connectivity index (χ4n) is 1.27. The highest BCUT2D eigenvalue weighted by Crippen LogP contribution is 2.01. The number of carbonyl (C=O) groups is 1. The van der Waals surface area contributed by atoms with Crippen molar-refractivity contribution in [1.29, 1.82) is 5.26 Å². The first-order chi connectivity index (χ1) is 6.83. The van der Waals surface area contributed by atoms with E-state index >= 15 is 0 Å². The third-order valence-corrected chi connectivity index (χ3v) is 2.02. The first-order valence-electron chi connectivity index (χ1n) is 4.79. The normalized spacial score (nSPS) is 20.4. The van der Waals surface area contributed by atoms with Crippen LogP contribution in [0.2, 0.25) is 0 Å². The number of nitriles is 1. The molecule has 0 aromatic carbocycles. The van der Waals surface area contributed by atoms with E-state index in [1.807, 2.05) is 6.07 Å². The van der Waals surface area contributed by atoms with E-state index < -0.39 is 0 Å². The van der Waals surface area contributed by atoms with Gasteiger partial charge in [-0.1, -0.05) is 0 Å². The molecule has 1 aliphatic heterocycles. The lowest BCUT2D eigenvalue weighted by Crippen LogP contribution is -2.31. The molecule has 1 fully saturated rings. The van der Waals surface area contributed by atoms with Gasteiger partial charge in [-0.05, 0) is 13.0 Å². The summed E-state index contributed by atoms with van der Waals surface area (Å²) in [5.41, 5.74) is 0. The predicted octanol–water partition coefficient (Wildman–Crippen LogP) is -0.605. The number of amides is 1. The van der Waals surface area contributed by atoms with Gasteiger partial charge >= 0.3 is 0 Å². The standard InChI is InChI=1S/C9H15N3O2/c10-3-1-4-12-9(13)7-14-8-2-5-11-6-8/h8,11H,1-2,4-7H2,(H,12,13). The van der Waals surface area contributed by atoms with E-state index in [2.05, 4.69) is 10.6 Å². The van der Waals surface area contributed by atoms with Crippen LogP contribution in [0, 0.1) is 11.3 Å². The predicted molar refractivity (Wildman–Crippen MR) is 50.5 cm³/mol. The summed E-state index contributed by atoms with van der Waals surface area (Å²) in [4.78, 5) is 11.1. The lowest BCUT2D eigenvalue weighted by molar-refractivity contribution is -0.127. The molecule has 5 nitrogen and oxygen atoms in total. The Morgan fingerprint density at radius 2 is 2.57 bits per heavy atom. The van der Waals surface area contributed by atoms with E-state index in [4.69, 9.17) is 10.00 Å². The van der Waals surface area contributed by atoms with Crippen LogP contribution >= 0.6 is 0 Å². The van der Waals surface area contributed by atoms with Crippen LogP contribution < -0.4 is 10.6 Å². The van der Waals surface area contributed by atoms with Crippen molar-refractivity contribution in [1.82, 2.24) is 10.6 Å². The van der Waals surface area contributed by atoms with Gasteiger partial charge in [-0.25, -0.2) is 0 Å². The molecule has 0 aliphatic carbocycles. The molecule has 1 atom stereocenters. The zero-order chi connectivity index (χ0) is 10.2. The molecule has 0 spiro atoms. The number of rotatable bonds is 5. The minimum atomic E-state index is -0.146. The molecule has 14 heavy (non-hydrogen) atoms. The molecule has 78 valence electrons. The molecular weight excluding hydrogens is 182 g/mol. The van der Waals surface area contributed by atoms with Gasteiger partial charge < -0.3 is 15.4 Å². The van der Waals surface area contributed by atoms with E-state index in [0.717, 1.165) is 19.5 Å². The summed E-state index contributed by atoms with van der Waals surface area (Å²) in [6.45, 7) is 2.28. The molecule has 1 saturated heterocycles. The lowest BCUT2D eigenvalue weighted by Gasteiger charge is -2.09. The first-order valence-corrected chi connectivity index (χ1v) is 4.79. The molecule has 5 heteroatoms. The first kappa shape index (κ1) is 11.0. The van der Waals surface area contributed by atoms with Crippen LogP contribution in [0.5, 0.6) is 0 Å². The van der Waals surface area contributed by atoms with Gasteiger partial charge in [-0.3, -0.25) is 4.79 Å². The van der Waals surface area contributed by atoms with Crippen molar-refractivity contribution in [3.63, 3.8) is 0 Å². The Morgan fingerprint density at radius 3 is 3.21 bits per heavy atom. The summed E-state index contributed by atoms with van der Waals surface area (Å²) in [6.07, 6.45) is 1.47. The maximum absolute atomic E-state index is 11.1. The molecule has 0 bridgehead atoms. The second-order valence-corrected chi connectivity index (χ2v) is 3.18. The van der Waals surface area contributed by atoms with Crippen molar-refractivity contribution in [2.24, 2.45) is 0 Å². The molecule has 0 saturated carbocycles. The fourth-order valence-corrected chi connectivity index (χ4v) is 1.27. The summed E-state index contributed by atoms with van der Waals surface area (Å²) in [6, 6.07) is 1.95. The third-order valence-electron chi connectivity index (χ3n) is 2.02. The summed E-state index contributed by atoms with van der Waals surface area (Å²) in [7, 11) is 0.